The van der Waals surface area contributed by atoms with Crippen molar-refractivity contribution in [3.05, 3.63) is 64.8 Å². The zero-order chi connectivity index (χ0) is 21.0. The molecular formula is C21H19FN2O3S2. The number of carbonyl (C=O) groups is 2. The predicted octanol–water partition coefficient (Wildman–Crippen LogP) is 5.16. The third kappa shape index (κ3) is 5.02. The molecule has 0 bridgehead atoms. The van der Waals surface area contributed by atoms with Crippen LogP contribution in [-0.4, -0.2) is 29.2 Å². The summed E-state index contributed by atoms with van der Waals surface area (Å²) >= 11 is 2.61. The van der Waals surface area contributed by atoms with Gasteiger partial charge in [0.2, 0.25) is 0 Å². The molecule has 0 saturated heterocycles. The first-order chi connectivity index (χ1) is 13.9. The number of methoxy groups -OCH3 is 1. The number of amides is 1. The second kappa shape index (κ2) is 9.19. The lowest BCUT2D eigenvalue weighted by Crippen LogP contribution is -2.17. The van der Waals surface area contributed by atoms with Crippen molar-refractivity contribution in [2.75, 3.05) is 12.4 Å². The summed E-state index contributed by atoms with van der Waals surface area (Å²) in [5.74, 6) is -0.986. The van der Waals surface area contributed by atoms with E-state index in [1.54, 1.807) is 37.3 Å². The zero-order valence-corrected chi connectivity index (χ0v) is 17.7. The Morgan fingerprint density at radius 3 is 2.55 bits per heavy atom. The third-order valence-corrected chi connectivity index (χ3v) is 6.15. The van der Waals surface area contributed by atoms with Gasteiger partial charge in [0, 0.05) is 15.3 Å². The molecule has 3 aromatic rings. The minimum absolute atomic E-state index is 0.314. The summed E-state index contributed by atoms with van der Waals surface area (Å²) in [6.07, 6.45) is 0. The number of aryl methyl sites for hydroxylation is 1. The Morgan fingerprint density at radius 2 is 1.86 bits per heavy atom. The monoisotopic (exact) mass is 430 g/mol. The van der Waals surface area contributed by atoms with E-state index in [0.29, 0.717) is 21.3 Å². The van der Waals surface area contributed by atoms with Crippen LogP contribution in [0.25, 0.3) is 11.3 Å². The van der Waals surface area contributed by atoms with Gasteiger partial charge in [-0.2, -0.15) is 0 Å². The Bertz CT molecular complexity index is 1030. The topological polar surface area (TPSA) is 68.3 Å². The number of halogens is 1. The standard InChI is InChI=1S/C21H19FN2O3S2/c1-12-18(14-8-10-15(22)11-9-14)23-21(29-12)24-19(25)16-6-4-5-7-17(16)28-13(2)20(26)27-3/h4-11,13H,1-3H3,(H,23,24,25). The van der Waals surface area contributed by atoms with Crippen LogP contribution in [0.5, 0.6) is 0 Å². The van der Waals surface area contributed by atoms with Gasteiger partial charge in [-0.25, -0.2) is 9.37 Å². The minimum atomic E-state index is -0.443. The molecule has 1 heterocycles. The van der Waals surface area contributed by atoms with E-state index < -0.39 is 5.25 Å². The molecule has 0 saturated carbocycles. The van der Waals surface area contributed by atoms with Gasteiger partial charge in [0.15, 0.2) is 5.13 Å². The number of rotatable bonds is 6. The van der Waals surface area contributed by atoms with Crippen LogP contribution in [0.15, 0.2) is 53.4 Å². The summed E-state index contributed by atoms with van der Waals surface area (Å²) in [7, 11) is 1.33. The maximum Gasteiger partial charge on any atom is 0.318 e. The molecule has 0 aliphatic carbocycles. The highest BCUT2D eigenvalue weighted by Crippen LogP contribution is 2.32. The summed E-state index contributed by atoms with van der Waals surface area (Å²) < 4.78 is 17.9. The smallest absolute Gasteiger partial charge is 0.318 e. The van der Waals surface area contributed by atoms with E-state index in [2.05, 4.69) is 10.3 Å². The van der Waals surface area contributed by atoms with Crippen LogP contribution >= 0.6 is 23.1 Å². The molecule has 1 aromatic heterocycles. The van der Waals surface area contributed by atoms with Gasteiger partial charge in [-0.05, 0) is 50.2 Å². The fourth-order valence-corrected chi connectivity index (χ4v) is 4.50. The van der Waals surface area contributed by atoms with Crippen LogP contribution in [0.3, 0.4) is 0 Å². The zero-order valence-electron chi connectivity index (χ0n) is 16.1. The van der Waals surface area contributed by atoms with Crippen molar-refractivity contribution in [1.29, 1.82) is 0 Å². The maximum atomic E-state index is 13.2. The molecule has 29 heavy (non-hydrogen) atoms. The van der Waals surface area contributed by atoms with Gasteiger partial charge < -0.3 is 4.74 Å². The average Bonchev–Trinajstić information content (AvgIpc) is 3.08. The summed E-state index contributed by atoms with van der Waals surface area (Å²) in [5.41, 5.74) is 1.93. The van der Waals surface area contributed by atoms with Crippen LogP contribution in [0, 0.1) is 12.7 Å². The molecule has 8 heteroatoms. The van der Waals surface area contributed by atoms with Gasteiger partial charge in [-0.1, -0.05) is 12.1 Å². The molecule has 0 fully saturated rings. The average molecular weight is 431 g/mol. The number of nitrogens with zero attached hydrogens (tertiary/aromatic N) is 1. The lowest BCUT2D eigenvalue weighted by atomic mass is 10.1. The Balaban J connectivity index is 1.80. The van der Waals surface area contributed by atoms with E-state index in [1.165, 1.54) is 42.3 Å². The number of anilines is 1. The largest absolute Gasteiger partial charge is 0.468 e. The molecule has 0 aliphatic rings. The molecule has 5 nitrogen and oxygen atoms in total. The number of esters is 1. The van der Waals surface area contributed by atoms with Crippen LogP contribution < -0.4 is 5.32 Å². The molecule has 1 amide bonds. The fraction of sp³-hybridized carbons (Fsp3) is 0.190. The lowest BCUT2D eigenvalue weighted by Gasteiger charge is -2.12. The lowest BCUT2D eigenvalue weighted by molar-refractivity contribution is -0.139. The Labute approximate surface area is 176 Å². The summed E-state index contributed by atoms with van der Waals surface area (Å²) in [5, 5.41) is 2.83. The second-order valence-corrected chi connectivity index (χ2v) is 8.75. The number of thioether (sulfide) groups is 1. The van der Waals surface area contributed by atoms with Gasteiger partial charge >= 0.3 is 5.97 Å². The van der Waals surface area contributed by atoms with Crippen molar-refractivity contribution < 1.29 is 18.7 Å². The predicted molar refractivity (Wildman–Crippen MR) is 114 cm³/mol. The number of benzene rings is 2. The highest BCUT2D eigenvalue weighted by molar-refractivity contribution is 8.00. The normalized spacial score (nSPS) is 11.7. The van der Waals surface area contributed by atoms with Crippen molar-refractivity contribution in [3.63, 3.8) is 0 Å². The first-order valence-electron chi connectivity index (χ1n) is 8.77. The second-order valence-electron chi connectivity index (χ2n) is 6.16. The number of nitrogens with one attached hydrogen (secondary N) is 1. The molecule has 0 radical (unpaired) electrons. The van der Waals surface area contributed by atoms with Crippen LogP contribution in [0.1, 0.15) is 22.2 Å². The van der Waals surface area contributed by atoms with Crippen molar-refractivity contribution in [3.8, 4) is 11.3 Å². The summed E-state index contributed by atoms with van der Waals surface area (Å²) in [6.45, 7) is 3.62. The molecule has 3 rings (SSSR count). The van der Waals surface area contributed by atoms with Crippen molar-refractivity contribution in [2.45, 2.75) is 24.0 Å². The Morgan fingerprint density at radius 1 is 1.17 bits per heavy atom. The van der Waals surface area contributed by atoms with Gasteiger partial charge in [0.1, 0.15) is 11.1 Å². The molecule has 1 atom stereocenters. The SMILES string of the molecule is COC(=O)C(C)Sc1ccccc1C(=O)Nc1nc(-c2ccc(F)cc2)c(C)s1. The molecule has 2 aromatic carbocycles. The summed E-state index contributed by atoms with van der Waals surface area (Å²) in [4.78, 5) is 30.6. The molecule has 0 aliphatic heterocycles. The van der Waals surface area contributed by atoms with E-state index in [1.807, 2.05) is 13.0 Å². The van der Waals surface area contributed by atoms with Gasteiger partial charge in [-0.15, -0.1) is 23.1 Å². The number of hydrogen-bond acceptors (Lipinski definition) is 6. The number of ether oxygens (including phenoxy) is 1. The summed E-state index contributed by atoms with van der Waals surface area (Å²) in [6, 6.07) is 13.1. The van der Waals surface area contributed by atoms with Crippen LogP contribution in [-0.2, 0) is 9.53 Å². The Kier molecular flexibility index (Phi) is 6.66. The van der Waals surface area contributed by atoms with Crippen molar-refractivity contribution in [2.24, 2.45) is 0 Å². The van der Waals surface area contributed by atoms with Crippen molar-refractivity contribution in [1.82, 2.24) is 4.98 Å². The van der Waals surface area contributed by atoms with E-state index in [0.717, 1.165) is 10.4 Å². The quantitative estimate of drug-likeness (QED) is 0.432. The van der Waals surface area contributed by atoms with E-state index in [-0.39, 0.29) is 17.7 Å². The van der Waals surface area contributed by atoms with E-state index >= 15 is 0 Å². The maximum absolute atomic E-state index is 13.2. The first-order valence-corrected chi connectivity index (χ1v) is 10.5. The highest BCUT2D eigenvalue weighted by Gasteiger charge is 2.20. The van der Waals surface area contributed by atoms with Crippen LogP contribution in [0.2, 0.25) is 0 Å². The number of hydrogen-bond donors (Lipinski definition) is 1. The Hall–Kier alpha value is -2.71. The van der Waals surface area contributed by atoms with Crippen molar-refractivity contribution >= 4 is 40.1 Å². The van der Waals surface area contributed by atoms with E-state index in [4.69, 9.17) is 4.74 Å². The molecule has 0 spiro atoms. The highest BCUT2D eigenvalue weighted by atomic mass is 32.2. The minimum Gasteiger partial charge on any atom is -0.468 e. The number of carbonyl (C=O) groups excluding carboxylic acids is 2. The molecule has 150 valence electrons. The first kappa shape index (κ1) is 21.0. The van der Waals surface area contributed by atoms with Gasteiger partial charge in [-0.3, -0.25) is 14.9 Å². The fourth-order valence-electron chi connectivity index (χ4n) is 2.65. The molecular weight excluding hydrogens is 411 g/mol. The number of thiazole rings is 1. The third-order valence-electron chi connectivity index (χ3n) is 4.10. The number of aromatic nitrogens is 1. The molecule has 1 N–H and O–H groups in total. The van der Waals surface area contributed by atoms with Gasteiger partial charge in [0.25, 0.3) is 5.91 Å². The molecule has 1 unspecified atom stereocenters. The van der Waals surface area contributed by atoms with Crippen LogP contribution in [0.4, 0.5) is 9.52 Å². The van der Waals surface area contributed by atoms with E-state index in [9.17, 15) is 14.0 Å². The van der Waals surface area contributed by atoms with Gasteiger partial charge in [0.05, 0.1) is 18.4 Å².